The van der Waals surface area contributed by atoms with E-state index < -0.39 is 5.91 Å². The highest BCUT2D eigenvalue weighted by molar-refractivity contribution is 6.01. The topological polar surface area (TPSA) is 134 Å². The van der Waals surface area contributed by atoms with Crippen LogP contribution in [0.3, 0.4) is 0 Å². The molecule has 1 aromatic heterocycles. The van der Waals surface area contributed by atoms with Crippen molar-refractivity contribution < 1.29 is 19.1 Å². The van der Waals surface area contributed by atoms with Crippen LogP contribution in [0.5, 0.6) is 0 Å². The van der Waals surface area contributed by atoms with Crippen LogP contribution in [-0.4, -0.2) is 55.0 Å². The molecule has 32 heavy (non-hydrogen) atoms. The maximum absolute atomic E-state index is 12.5. The highest BCUT2D eigenvalue weighted by atomic mass is 16.5. The van der Waals surface area contributed by atoms with Gasteiger partial charge in [0.25, 0.3) is 5.91 Å². The van der Waals surface area contributed by atoms with Gasteiger partial charge >= 0.3 is 5.97 Å². The number of esters is 1. The lowest BCUT2D eigenvalue weighted by atomic mass is 10.1. The number of nitrogens with zero attached hydrogens (tertiary/aromatic N) is 2. The highest BCUT2D eigenvalue weighted by Gasteiger charge is 2.13. The van der Waals surface area contributed by atoms with Crippen molar-refractivity contribution in [2.45, 2.75) is 19.8 Å². The third-order valence-electron chi connectivity index (χ3n) is 4.52. The first-order chi connectivity index (χ1) is 15.5. The largest absolute Gasteiger partial charge is 0.466 e. The van der Waals surface area contributed by atoms with Crippen molar-refractivity contribution in [3.8, 4) is 0 Å². The second-order valence-electron chi connectivity index (χ2n) is 6.91. The molecule has 2 heterocycles. The van der Waals surface area contributed by atoms with Crippen LogP contribution in [0.4, 0.5) is 11.5 Å². The molecule has 1 aliphatic heterocycles. The van der Waals surface area contributed by atoms with E-state index in [0.29, 0.717) is 42.5 Å². The van der Waals surface area contributed by atoms with Gasteiger partial charge in [0.15, 0.2) is 5.96 Å². The maximum atomic E-state index is 12.5. The number of hydrogen-bond acceptors (Lipinski definition) is 8. The Balaban J connectivity index is 1.52. The zero-order chi connectivity index (χ0) is 22.8. The third-order valence-corrected chi connectivity index (χ3v) is 4.52. The summed E-state index contributed by atoms with van der Waals surface area (Å²) in [5.41, 5.74) is 1.84. The Hall–Kier alpha value is -3.95. The fourth-order valence-corrected chi connectivity index (χ4v) is 3.02. The van der Waals surface area contributed by atoms with E-state index in [1.54, 1.807) is 43.5 Å². The first-order valence-corrected chi connectivity index (χ1v) is 10.4. The van der Waals surface area contributed by atoms with E-state index in [1.165, 1.54) is 0 Å². The van der Waals surface area contributed by atoms with E-state index in [9.17, 15) is 14.4 Å². The second kappa shape index (κ2) is 11.4. The fourth-order valence-electron chi connectivity index (χ4n) is 3.02. The fraction of sp³-hybridized carbons (Fsp3) is 0.318. The quantitative estimate of drug-likeness (QED) is 0.434. The smallest absolute Gasteiger partial charge is 0.306 e. The maximum Gasteiger partial charge on any atom is 0.306 e. The lowest BCUT2D eigenvalue weighted by molar-refractivity contribution is -0.143. The normalized spacial score (nSPS) is 12.3. The molecule has 1 aliphatic rings. The van der Waals surface area contributed by atoms with Crippen LogP contribution >= 0.6 is 0 Å². The number of aliphatic imine (C=N–C) groups is 1. The Kier molecular flexibility index (Phi) is 8.13. The van der Waals surface area contributed by atoms with Crippen LogP contribution in [0.1, 0.15) is 29.3 Å². The Bertz CT molecular complexity index is 1010. The molecular formula is C22H26N6O4. The number of nitrogens with one attached hydrogen (secondary N) is 4. The van der Waals surface area contributed by atoms with Crippen molar-refractivity contribution in [1.82, 2.24) is 15.6 Å². The van der Waals surface area contributed by atoms with Gasteiger partial charge in [0.1, 0.15) is 5.82 Å². The number of aryl methyl sites for hydroxylation is 1. The van der Waals surface area contributed by atoms with Crippen LogP contribution in [0.25, 0.3) is 0 Å². The van der Waals surface area contributed by atoms with Crippen LogP contribution in [0.2, 0.25) is 0 Å². The van der Waals surface area contributed by atoms with Crippen LogP contribution in [0.15, 0.2) is 47.6 Å². The lowest BCUT2D eigenvalue weighted by Gasteiger charge is -2.11. The lowest BCUT2D eigenvalue weighted by Crippen LogP contribution is -2.33. The summed E-state index contributed by atoms with van der Waals surface area (Å²) >= 11 is 0. The van der Waals surface area contributed by atoms with Gasteiger partial charge in [0.2, 0.25) is 5.91 Å². The number of pyridine rings is 1. The summed E-state index contributed by atoms with van der Waals surface area (Å²) < 4.78 is 4.93. The second-order valence-corrected chi connectivity index (χ2v) is 6.91. The number of anilines is 2. The Morgan fingerprint density at radius 2 is 2.06 bits per heavy atom. The molecule has 0 saturated carbocycles. The molecular weight excluding hydrogens is 412 g/mol. The molecule has 4 N–H and O–H groups in total. The monoisotopic (exact) mass is 438 g/mol. The van der Waals surface area contributed by atoms with E-state index in [4.69, 9.17) is 4.74 Å². The molecule has 0 saturated heterocycles. The first-order valence-electron chi connectivity index (χ1n) is 10.4. The van der Waals surface area contributed by atoms with Gasteiger partial charge < -0.3 is 26.0 Å². The van der Waals surface area contributed by atoms with Crippen molar-refractivity contribution in [3.63, 3.8) is 0 Å². The number of carbonyl (C=O) groups excluding carboxylic acids is 3. The Labute approximate surface area is 185 Å². The molecule has 0 fully saturated rings. The minimum Gasteiger partial charge on any atom is -0.466 e. The molecule has 168 valence electrons. The number of rotatable bonds is 9. The van der Waals surface area contributed by atoms with E-state index in [0.717, 1.165) is 12.2 Å². The van der Waals surface area contributed by atoms with Crippen molar-refractivity contribution in [3.05, 3.63) is 53.7 Å². The average Bonchev–Trinajstić information content (AvgIpc) is 3.30. The molecule has 1 aromatic carbocycles. The summed E-state index contributed by atoms with van der Waals surface area (Å²) in [5.74, 6) is -0.0987. The number of amides is 2. The van der Waals surface area contributed by atoms with Gasteiger partial charge in [-0.3, -0.25) is 19.4 Å². The van der Waals surface area contributed by atoms with E-state index >= 15 is 0 Å². The van der Waals surface area contributed by atoms with Crippen LogP contribution in [-0.2, 0) is 20.7 Å². The molecule has 10 heteroatoms. The van der Waals surface area contributed by atoms with E-state index in [-0.39, 0.29) is 24.8 Å². The molecule has 10 nitrogen and oxygen atoms in total. The summed E-state index contributed by atoms with van der Waals surface area (Å²) in [7, 11) is 0. The summed E-state index contributed by atoms with van der Waals surface area (Å²) in [6.07, 6.45) is 2.12. The minimum atomic E-state index is -0.423. The van der Waals surface area contributed by atoms with Gasteiger partial charge in [-0.25, -0.2) is 4.98 Å². The third kappa shape index (κ3) is 6.79. The number of hydrogen-bond donors (Lipinski definition) is 4. The molecule has 3 rings (SSSR count). The predicted molar refractivity (Wildman–Crippen MR) is 121 cm³/mol. The standard InChI is InChI=1S/C22H26N6O4/c1-2-32-19(30)9-8-15-6-4-10-23-20(15)28-18(29)14-26-21(31)16-5-3-7-17(13-16)27-22-24-11-12-25-22/h3-7,10,13H,2,8-9,11-12,14H2,1H3,(H,26,31)(H,23,28,29)(H2,24,25,27). The Morgan fingerprint density at radius 1 is 1.19 bits per heavy atom. The summed E-state index contributed by atoms with van der Waals surface area (Å²) in [6, 6.07) is 10.4. The van der Waals surface area contributed by atoms with Gasteiger partial charge in [-0.05, 0) is 43.2 Å². The molecule has 0 aliphatic carbocycles. The zero-order valence-corrected chi connectivity index (χ0v) is 17.8. The SMILES string of the molecule is CCOC(=O)CCc1cccnc1NC(=O)CNC(=O)c1cccc(NC2=NCCN2)c1. The van der Waals surface area contributed by atoms with Gasteiger partial charge in [0.05, 0.1) is 19.7 Å². The van der Waals surface area contributed by atoms with Crippen molar-refractivity contribution in [2.24, 2.45) is 4.99 Å². The molecule has 0 unspecified atom stereocenters. The van der Waals surface area contributed by atoms with E-state index in [1.807, 2.05) is 6.07 Å². The van der Waals surface area contributed by atoms with Gasteiger partial charge in [-0.2, -0.15) is 0 Å². The minimum absolute atomic E-state index is 0.186. The Morgan fingerprint density at radius 3 is 2.84 bits per heavy atom. The van der Waals surface area contributed by atoms with Gasteiger partial charge in [-0.15, -0.1) is 0 Å². The number of carbonyl (C=O) groups is 3. The van der Waals surface area contributed by atoms with Gasteiger partial charge in [0, 0.05) is 30.4 Å². The molecule has 0 atom stereocenters. The zero-order valence-electron chi connectivity index (χ0n) is 17.8. The van der Waals surface area contributed by atoms with Gasteiger partial charge in [-0.1, -0.05) is 12.1 Å². The predicted octanol–water partition coefficient (Wildman–Crippen LogP) is 1.32. The number of aromatic nitrogens is 1. The highest BCUT2D eigenvalue weighted by Crippen LogP contribution is 2.14. The van der Waals surface area contributed by atoms with Crippen molar-refractivity contribution in [2.75, 3.05) is 36.9 Å². The first kappa shape index (κ1) is 22.7. The number of ether oxygens (including phenoxy) is 1. The average molecular weight is 438 g/mol. The van der Waals surface area contributed by atoms with E-state index in [2.05, 4.69) is 31.2 Å². The van der Waals surface area contributed by atoms with Crippen LogP contribution < -0.4 is 21.3 Å². The summed E-state index contributed by atoms with van der Waals surface area (Å²) in [6.45, 7) is 3.32. The van der Waals surface area contributed by atoms with Crippen LogP contribution in [0, 0.1) is 0 Å². The van der Waals surface area contributed by atoms with Crippen molar-refractivity contribution in [1.29, 1.82) is 0 Å². The number of guanidine groups is 1. The molecule has 2 amide bonds. The molecule has 0 radical (unpaired) electrons. The summed E-state index contributed by atoms with van der Waals surface area (Å²) in [5, 5.41) is 11.5. The molecule has 0 spiro atoms. The summed E-state index contributed by atoms with van der Waals surface area (Å²) in [4.78, 5) is 44.8. The molecule has 0 bridgehead atoms. The van der Waals surface area contributed by atoms with Crippen molar-refractivity contribution >= 4 is 35.2 Å². The molecule has 2 aromatic rings. The number of benzene rings is 1.